The first-order chi connectivity index (χ1) is 6.44. The van der Waals surface area contributed by atoms with Crippen molar-refractivity contribution in [1.29, 1.82) is 0 Å². The molecule has 1 aromatic carbocycles. The second kappa shape index (κ2) is 4.65. The van der Waals surface area contributed by atoms with Crippen molar-refractivity contribution in [2.24, 2.45) is 0 Å². The fourth-order valence-corrected chi connectivity index (χ4v) is 1.80. The van der Waals surface area contributed by atoms with Crippen LogP contribution in [0.25, 0.3) is 0 Å². The van der Waals surface area contributed by atoms with Gasteiger partial charge in [0.1, 0.15) is 0 Å². The molecular formula is C11H14BrClO. The van der Waals surface area contributed by atoms with Crippen LogP contribution in [-0.4, -0.2) is 10.7 Å². The van der Waals surface area contributed by atoms with E-state index in [-0.39, 0.29) is 0 Å². The van der Waals surface area contributed by atoms with Crippen LogP contribution in [0.5, 0.6) is 0 Å². The van der Waals surface area contributed by atoms with Gasteiger partial charge >= 0.3 is 0 Å². The third kappa shape index (κ3) is 3.26. The van der Waals surface area contributed by atoms with Crippen LogP contribution >= 0.6 is 27.5 Å². The Kier molecular flexibility index (Phi) is 3.99. The van der Waals surface area contributed by atoms with Crippen LogP contribution in [0, 0.1) is 0 Å². The molecule has 0 saturated carbocycles. The number of benzene rings is 1. The van der Waals surface area contributed by atoms with E-state index in [1.807, 2.05) is 32.0 Å². The van der Waals surface area contributed by atoms with Gasteiger partial charge in [-0.3, -0.25) is 0 Å². The molecule has 1 nitrogen and oxygen atoms in total. The molecule has 3 heteroatoms. The molecule has 0 aliphatic carbocycles. The van der Waals surface area contributed by atoms with Crippen LogP contribution < -0.4 is 0 Å². The summed E-state index contributed by atoms with van der Waals surface area (Å²) in [6.45, 7) is 3.80. The van der Waals surface area contributed by atoms with Gasteiger partial charge in [0.15, 0.2) is 0 Å². The van der Waals surface area contributed by atoms with Crippen molar-refractivity contribution in [1.82, 2.24) is 0 Å². The van der Waals surface area contributed by atoms with Gasteiger partial charge < -0.3 is 5.11 Å². The maximum Gasteiger partial charge on any atom is 0.0657 e. The average Bonchev–Trinajstić information content (AvgIpc) is 2.11. The highest BCUT2D eigenvalue weighted by Crippen LogP contribution is 2.26. The normalized spacial score (nSPS) is 15.2. The fourth-order valence-electron chi connectivity index (χ4n) is 1.21. The third-order valence-electron chi connectivity index (χ3n) is 2.34. The number of hydrogen-bond acceptors (Lipinski definition) is 1. The highest BCUT2D eigenvalue weighted by atomic mass is 79.9. The Morgan fingerprint density at radius 3 is 2.71 bits per heavy atom. The highest BCUT2D eigenvalue weighted by molar-refractivity contribution is 9.10. The lowest BCUT2D eigenvalue weighted by Gasteiger charge is -2.21. The van der Waals surface area contributed by atoms with E-state index < -0.39 is 5.60 Å². The molecule has 1 N–H and O–H groups in total. The zero-order chi connectivity index (χ0) is 10.8. The molecule has 0 heterocycles. The third-order valence-corrected chi connectivity index (χ3v) is 3.35. The van der Waals surface area contributed by atoms with Gasteiger partial charge in [-0.05, 0) is 37.1 Å². The first-order valence-corrected chi connectivity index (χ1v) is 5.78. The first kappa shape index (κ1) is 12.0. The summed E-state index contributed by atoms with van der Waals surface area (Å²) < 4.78 is 0.996. The summed E-state index contributed by atoms with van der Waals surface area (Å²) in [7, 11) is 0. The summed E-state index contributed by atoms with van der Waals surface area (Å²) in [5, 5.41) is 10.6. The lowest BCUT2D eigenvalue weighted by molar-refractivity contribution is 0.0563. The summed E-state index contributed by atoms with van der Waals surface area (Å²) in [6, 6.07) is 5.62. The molecule has 0 amide bonds. The summed E-state index contributed by atoms with van der Waals surface area (Å²) in [5.74, 6) is 0. The van der Waals surface area contributed by atoms with Gasteiger partial charge in [0.25, 0.3) is 0 Å². The fraction of sp³-hybridized carbons (Fsp3) is 0.455. The smallest absolute Gasteiger partial charge is 0.0657 e. The zero-order valence-corrected chi connectivity index (χ0v) is 10.7. The van der Waals surface area contributed by atoms with Crippen LogP contribution in [0.1, 0.15) is 25.8 Å². The maximum absolute atomic E-state index is 9.93. The van der Waals surface area contributed by atoms with Gasteiger partial charge in [0.05, 0.1) is 5.60 Å². The molecule has 78 valence electrons. The van der Waals surface area contributed by atoms with Gasteiger partial charge in [0, 0.05) is 15.9 Å². The maximum atomic E-state index is 9.93. The molecular weight excluding hydrogens is 263 g/mol. The van der Waals surface area contributed by atoms with Crippen molar-refractivity contribution in [3.8, 4) is 0 Å². The number of aliphatic hydroxyl groups is 1. The molecule has 0 fully saturated rings. The summed E-state index contributed by atoms with van der Waals surface area (Å²) >= 11 is 9.33. The summed E-state index contributed by atoms with van der Waals surface area (Å²) in [4.78, 5) is 0. The molecule has 1 rings (SSSR count). The second-order valence-electron chi connectivity index (χ2n) is 3.76. The van der Waals surface area contributed by atoms with Crippen LogP contribution in [-0.2, 0) is 6.42 Å². The largest absolute Gasteiger partial charge is 0.390 e. The first-order valence-electron chi connectivity index (χ1n) is 4.61. The summed E-state index contributed by atoms with van der Waals surface area (Å²) in [6.07, 6.45) is 1.34. The Balaban J connectivity index is 2.91. The van der Waals surface area contributed by atoms with E-state index in [1.54, 1.807) is 0 Å². The van der Waals surface area contributed by atoms with Crippen molar-refractivity contribution in [3.05, 3.63) is 33.3 Å². The molecule has 1 aromatic rings. The van der Waals surface area contributed by atoms with Gasteiger partial charge in [-0.2, -0.15) is 0 Å². The highest BCUT2D eigenvalue weighted by Gasteiger charge is 2.19. The Hall–Kier alpha value is -0.0500. The molecule has 0 aliphatic heterocycles. The van der Waals surface area contributed by atoms with E-state index in [1.165, 1.54) is 0 Å². The molecule has 0 aliphatic rings. The van der Waals surface area contributed by atoms with E-state index in [4.69, 9.17) is 11.6 Å². The monoisotopic (exact) mass is 276 g/mol. The zero-order valence-electron chi connectivity index (χ0n) is 8.35. The standard InChI is InChI=1S/C11H14BrClO/c1-3-11(2,14)7-8-6-9(13)4-5-10(8)12/h4-6,14H,3,7H2,1-2H3. The van der Waals surface area contributed by atoms with Gasteiger partial charge in [-0.15, -0.1) is 0 Å². The Labute approximate surface area is 98.2 Å². The van der Waals surface area contributed by atoms with Crippen molar-refractivity contribution in [2.75, 3.05) is 0 Å². The molecule has 1 unspecified atom stereocenters. The van der Waals surface area contributed by atoms with Crippen molar-refractivity contribution >= 4 is 27.5 Å². The van der Waals surface area contributed by atoms with Crippen molar-refractivity contribution < 1.29 is 5.11 Å². The Morgan fingerprint density at radius 2 is 2.14 bits per heavy atom. The lowest BCUT2D eigenvalue weighted by atomic mass is 9.94. The number of hydrogen-bond donors (Lipinski definition) is 1. The average molecular weight is 278 g/mol. The molecule has 0 saturated heterocycles. The predicted molar refractivity (Wildman–Crippen MR) is 63.8 cm³/mol. The van der Waals surface area contributed by atoms with E-state index in [0.29, 0.717) is 11.4 Å². The Bertz CT molecular complexity index is 323. The van der Waals surface area contributed by atoms with Gasteiger partial charge in [-0.25, -0.2) is 0 Å². The van der Waals surface area contributed by atoms with Crippen LogP contribution in [0.4, 0.5) is 0 Å². The van der Waals surface area contributed by atoms with E-state index >= 15 is 0 Å². The number of rotatable bonds is 3. The van der Waals surface area contributed by atoms with E-state index in [2.05, 4.69) is 15.9 Å². The molecule has 0 bridgehead atoms. The minimum Gasteiger partial charge on any atom is -0.390 e. The molecule has 0 spiro atoms. The van der Waals surface area contributed by atoms with Crippen molar-refractivity contribution in [2.45, 2.75) is 32.3 Å². The second-order valence-corrected chi connectivity index (χ2v) is 5.05. The van der Waals surface area contributed by atoms with E-state index in [0.717, 1.165) is 16.5 Å². The molecule has 1 atom stereocenters. The quantitative estimate of drug-likeness (QED) is 0.891. The summed E-state index contributed by atoms with van der Waals surface area (Å²) in [5.41, 5.74) is 0.386. The number of halogens is 2. The van der Waals surface area contributed by atoms with Crippen LogP contribution in [0.2, 0.25) is 5.02 Å². The molecule has 0 radical (unpaired) electrons. The molecule has 0 aromatic heterocycles. The minimum atomic E-state index is -0.660. The van der Waals surface area contributed by atoms with Gasteiger partial charge in [-0.1, -0.05) is 34.5 Å². The topological polar surface area (TPSA) is 20.2 Å². The molecule has 14 heavy (non-hydrogen) atoms. The minimum absolute atomic E-state index is 0.616. The van der Waals surface area contributed by atoms with Crippen molar-refractivity contribution in [3.63, 3.8) is 0 Å². The lowest BCUT2D eigenvalue weighted by Crippen LogP contribution is -2.25. The van der Waals surface area contributed by atoms with Crippen LogP contribution in [0.15, 0.2) is 22.7 Å². The SMILES string of the molecule is CCC(C)(O)Cc1cc(Cl)ccc1Br. The van der Waals surface area contributed by atoms with Crippen LogP contribution in [0.3, 0.4) is 0 Å². The van der Waals surface area contributed by atoms with E-state index in [9.17, 15) is 5.11 Å². The van der Waals surface area contributed by atoms with Gasteiger partial charge in [0.2, 0.25) is 0 Å². The predicted octanol–water partition coefficient (Wildman–Crippen LogP) is 3.81. The Morgan fingerprint density at radius 1 is 1.50 bits per heavy atom.